The number of benzene rings is 2. The van der Waals surface area contributed by atoms with Gasteiger partial charge in [-0.05, 0) is 48.4 Å². The number of rotatable bonds is 3. The molecule has 5 heteroatoms. The van der Waals surface area contributed by atoms with Crippen molar-refractivity contribution in [3.63, 3.8) is 0 Å². The summed E-state index contributed by atoms with van der Waals surface area (Å²) < 4.78 is 0.796. The molecule has 0 amide bonds. The highest BCUT2D eigenvalue weighted by molar-refractivity contribution is 9.10. The van der Waals surface area contributed by atoms with Gasteiger partial charge in [-0.1, -0.05) is 45.2 Å². The molecule has 0 saturated heterocycles. The fourth-order valence-corrected chi connectivity index (χ4v) is 3.18. The summed E-state index contributed by atoms with van der Waals surface area (Å²) in [6, 6.07) is 12.1. The molecule has 2 aromatic carbocycles. The first-order valence-corrected chi connectivity index (χ1v) is 7.63. The minimum Gasteiger partial charge on any atom is -0.292 e. The Hall–Kier alpha value is -1.34. The summed E-state index contributed by atoms with van der Waals surface area (Å²) in [4.78, 5) is 12.6. The van der Waals surface area contributed by atoms with E-state index in [1.807, 2.05) is 19.1 Å². The second-order valence-electron chi connectivity index (χ2n) is 4.61. The number of hydrogen-bond donors (Lipinski definition) is 0. The molecule has 106 valence electrons. The largest absolute Gasteiger partial charge is 0.292 e. The lowest BCUT2D eigenvalue weighted by Gasteiger charge is -2.11. The monoisotopic (exact) mass is 381 g/mol. The third-order valence-electron chi connectivity index (χ3n) is 2.99. The lowest BCUT2D eigenvalue weighted by Crippen LogP contribution is -2.12. The highest BCUT2D eigenvalue weighted by Gasteiger charge is 2.24. The maximum absolute atomic E-state index is 12.6. The van der Waals surface area contributed by atoms with Gasteiger partial charge in [-0.25, -0.2) is 0 Å². The Kier molecular flexibility index (Phi) is 5.05. The third kappa shape index (κ3) is 3.65. The molecule has 0 saturated carbocycles. The average molecular weight is 383 g/mol. The van der Waals surface area contributed by atoms with Gasteiger partial charge in [0.2, 0.25) is 0 Å². The molecule has 0 aliphatic rings. The number of carbonyl (C=O) groups is 1. The zero-order valence-corrected chi connectivity index (χ0v) is 14.1. The fraction of sp³-hybridized carbons (Fsp3) is 0.125. The van der Waals surface area contributed by atoms with Crippen LogP contribution in [0.3, 0.4) is 0 Å². The number of Topliss-reactive ketones (excluding diaryl/α,β-unsaturated/α-hetero) is 1. The first-order chi connectivity index (χ1) is 9.92. The summed E-state index contributed by atoms with van der Waals surface area (Å²) in [5, 5.41) is 10.1. The van der Waals surface area contributed by atoms with Crippen molar-refractivity contribution >= 4 is 44.9 Å². The van der Waals surface area contributed by atoms with Crippen molar-refractivity contribution in [1.82, 2.24) is 0 Å². The molecular weight excluding hydrogens is 373 g/mol. The zero-order valence-electron chi connectivity index (χ0n) is 11.0. The Labute approximate surface area is 141 Å². The van der Waals surface area contributed by atoms with Crippen molar-refractivity contribution in [1.29, 1.82) is 5.26 Å². The molecule has 21 heavy (non-hydrogen) atoms. The Bertz CT molecular complexity index is 732. The maximum atomic E-state index is 12.6. The van der Waals surface area contributed by atoms with E-state index in [0.29, 0.717) is 21.2 Å². The van der Waals surface area contributed by atoms with Gasteiger partial charge >= 0.3 is 0 Å². The van der Waals surface area contributed by atoms with Crippen LogP contribution in [0.2, 0.25) is 10.0 Å². The maximum Gasteiger partial charge on any atom is 0.184 e. The van der Waals surface area contributed by atoms with E-state index in [1.54, 1.807) is 24.3 Å². The van der Waals surface area contributed by atoms with Crippen LogP contribution in [-0.2, 0) is 0 Å². The number of carbonyl (C=O) groups excluding carboxylic acids is 1. The molecule has 0 fully saturated rings. The molecule has 0 spiro atoms. The van der Waals surface area contributed by atoms with Crippen molar-refractivity contribution in [2.75, 3.05) is 0 Å². The quantitative estimate of drug-likeness (QED) is 0.652. The van der Waals surface area contributed by atoms with Gasteiger partial charge in [0.1, 0.15) is 5.92 Å². The summed E-state index contributed by atoms with van der Waals surface area (Å²) >= 11 is 15.3. The van der Waals surface area contributed by atoms with E-state index in [1.165, 1.54) is 6.07 Å². The van der Waals surface area contributed by atoms with E-state index in [9.17, 15) is 10.1 Å². The highest BCUT2D eigenvalue weighted by atomic mass is 79.9. The van der Waals surface area contributed by atoms with Gasteiger partial charge in [-0.3, -0.25) is 4.79 Å². The summed E-state index contributed by atoms with van der Waals surface area (Å²) in [5.41, 5.74) is 1.87. The SMILES string of the molecule is Cc1cc(Br)cc(C(=O)C(C#N)c2ccc(Cl)cc2Cl)c1. The Morgan fingerprint density at radius 2 is 1.95 bits per heavy atom. The molecule has 0 bridgehead atoms. The van der Waals surface area contributed by atoms with Crippen LogP contribution >= 0.6 is 39.1 Å². The van der Waals surface area contributed by atoms with Crippen molar-refractivity contribution in [2.45, 2.75) is 12.8 Å². The van der Waals surface area contributed by atoms with Crippen molar-refractivity contribution in [3.05, 3.63) is 67.6 Å². The van der Waals surface area contributed by atoms with Crippen LogP contribution < -0.4 is 0 Å². The molecule has 2 rings (SSSR count). The third-order valence-corrected chi connectivity index (χ3v) is 4.01. The highest BCUT2D eigenvalue weighted by Crippen LogP contribution is 2.30. The summed E-state index contributed by atoms with van der Waals surface area (Å²) in [5.74, 6) is -1.24. The van der Waals surface area contributed by atoms with E-state index in [2.05, 4.69) is 15.9 Å². The predicted molar refractivity (Wildman–Crippen MR) is 88.0 cm³/mol. The summed E-state index contributed by atoms with van der Waals surface area (Å²) in [6.07, 6.45) is 0. The van der Waals surface area contributed by atoms with E-state index >= 15 is 0 Å². The van der Waals surface area contributed by atoms with E-state index in [4.69, 9.17) is 23.2 Å². The molecule has 0 radical (unpaired) electrons. The lowest BCUT2D eigenvalue weighted by atomic mass is 9.91. The lowest BCUT2D eigenvalue weighted by molar-refractivity contribution is 0.0978. The van der Waals surface area contributed by atoms with Gasteiger partial charge in [0, 0.05) is 20.1 Å². The van der Waals surface area contributed by atoms with E-state index < -0.39 is 5.92 Å². The topological polar surface area (TPSA) is 40.9 Å². The summed E-state index contributed by atoms with van der Waals surface area (Å²) in [7, 11) is 0. The molecule has 2 nitrogen and oxygen atoms in total. The molecule has 0 N–H and O–H groups in total. The molecule has 0 aliphatic carbocycles. The van der Waals surface area contributed by atoms with Crippen molar-refractivity contribution in [3.8, 4) is 6.07 Å². The molecule has 1 unspecified atom stereocenters. The van der Waals surface area contributed by atoms with Crippen molar-refractivity contribution < 1.29 is 4.79 Å². The summed E-state index contributed by atoms with van der Waals surface area (Å²) in [6.45, 7) is 1.89. The predicted octanol–water partition coefficient (Wildman–Crippen LogP) is 5.55. The average Bonchev–Trinajstić information content (AvgIpc) is 2.40. The second kappa shape index (κ2) is 6.62. The number of nitriles is 1. The Morgan fingerprint density at radius 3 is 2.52 bits per heavy atom. The van der Waals surface area contributed by atoms with Crippen LogP contribution in [-0.4, -0.2) is 5.78 Å². The first-order valence-electron chi connectivity index (χ1n) is 6.08. The van der Waals surface area contributed by atoms with Gasteiger partial charge in [-0.2, -0.15) is 5.26 Å². The molecule has 1 atom stereocenters. The Morgan fingerprint density at radius 1 is 1.24 bits per heavy atom. The van der Waals surface area contributed by atoms with E-state index in [0.717, 1.165) is 10.0 Å². The molecular formula is C16H10BrCl2NO. The second-order valence-corrected chi connectivity index (χ2v) is 6.37. The van der Waals surface area contributed by atoms with Crippen LogP contribution in [0.4, 0.5) is 0 Å². The normalized spacial score (nSPS) is 11.8. The minimum absolute atomic E-state index is 0.286. The molecule has 2 aromatic rings. The van der Waals surface area contributed by atoms with Crippen LogP contribution in [0.25, 0.3) is 0 Å². The first kappa shape index (κ1) is 16.0. The zero-order chi connectivity index (χ0) is 15.6. The number of ketones is 1. The molecule has 0 heterocycles. The molecule has 0 aromatic heterocycles. The van der Waals surface area contributed by atoms with Crippen LogP contribution in [0.15, 0.2) is 40.9 Å². The molecule has 0 aliphatic heterocycles. The van der Waals surface area contributed by atoms with Gasteiger partial charge in [0.05, 0.1) is 6.07 Å². The van der Waals surface area contributed by atoms with Gasteiger partial charge in [0.25, 0.3) is 0 Å². The van der Waals surface area contributed by atoms with E-state index in [-0.39, 0.29) is 5.78 Å². The van der Waals surface area contributed by atoms with Crippen LogP contribution in [0.1, 0.15) is 27.4 Å². The number of halogens is 3. The number of aryl methyl sites for hydroxylation is 1. The van der Waals surface area contributed by atoms with Gasteiger partial charge in [-0.15, -0.1) is 0 Å². The standard InChI is InChI=1S/C16H10BrCl2NO/c1-9-4-10(6-11(17)5-9)16(21)14(8-20)13-3-2-12(18)7-15(13)19/h2-7,14H,1H3. The Balaban J connectivity index is 2.46. The number of hydrogen-bond acceptors (Lipinski definition) is 2. The van der Waals surface area contributed by atoms with Gasteiger partial charge < -0.3 is 0 Å². The fourth-order valence-electron chi connectivity index (χ4n) is 2.05. The van der Waals surface area contributed by atoms with Crippen LogP contribution in [0.5, 0.6) is 0 Å². The number of nitrogens with zero attached hydrogens (tertiary/aromatic N) is 1. The smallest absolute Gasteiger partial charge is 0.184 e. The minimum atomic E-state index is -0.955. The van der Waals surface area contributed by atoms with Crippen LogP contribution in [0, 0.1) is 18.3 Å². The van der Waals surface area contributed by atoms with Crippen molar-refractivity contribution in [2.24, 2.45) is 0 Å². The van der Waals surface area contributed by atoms with Gasteiger partial charge in [0.15, 0.2) is 5.78 Å².